The summed E-state index contributed by atoms with van der Waals surface area (Å²) in [6.45, 7) is 4.74. The Kier molecular flexibility index (Phi) is 6.20. The molecule has 8 aromatic rings. The monoisotopic (exact) mass is 600 g/mol. The number of hydrogen-bond donors (Lipinski definition) is 0. The smallest absolute Gasteiger partial charge is 0.0886 e. The molecule has 2 heterocycles. The molecule has 0 bridgehead atoms. The van der Waals surface area contributed by atoms with Gasteiger partial charge in [0.05, 0.1) is 11.4 Å². The van der Waals surface area contributed by atoms with Crippen molar-refractivity contribution in [3.8, 4) is 55.9 Å². The lowest BCUT2D eigenvalue weighted by molar-refractivity contribution is 0.661. The molecule has 2 aromatic heterocycles. The number of hydrogen-bond acceptors (Lipinski definition) is 2. The summed E-state index contributed by atoms with van der Waals surface area (Å²) in [5.74, 6) is 0. The first-order valence-electron chi connectivity index (χ1n) is 16.2. The Labute approximate surface area is 275 Å². The van der Waals surface area contributed by atoms with E-state index in [-0.39, 0.29) is 5.41 Å². The fourth-order valence-electron chi connectivity index (χ4n) is 7.75. The molecule has 1 aliphatic rings. The number of benzene rings is 6. The van der Waals surface area contributed by atoms with Gasteiger partial charge in [-0.2, -0.15) is 0 Å². The van der Waals surface area contributed by atoms with Crippen LogP contribution < -0.4 is 0 Å². The molecular weight excluding hydrogens is 569 g/mol. The summed E-state index contributed by atoms with van der Waals surface area (Å²) < 4.78 is 0. The minimum Gasteiger partial charge on any atom is -0.255 e. The van der Waals surface area contributed by atoms with Crippen LogP contribution in [0.25, 0.3) is 77.4 Å². The van der Waals surface area contributed by atoms with Crippen molar-refractivity contribution in [3.63, 3.8) is 0 Å². The highest BCUT2D eigenvalue weighted by Gasteiger charge is 2.38. The number of fused-ring (bicyclic) bond motifs is 5. The van der Waals surface area contributed by atoms with Gasteiger partial charge in [-0.1, -0.05) is 129 Å². The molecule has 0 aliphatic heterocycles. The summed E-state index contributed by atoms with van der Waals surface area (Å²) in [6, 6.07) is 52.6. The van der Waals surface area contributed by atoms with Gasteiger partial charge in [0.25, 0.3) is 0 Å². The summed E-state index contributed by atoms with van der Waals surface area (Å²) in [5, 5.41) is 5.11. The van der Waals surface area contributed by atoms with Crippen LogP contribution in [0.15, 0.2) is 158 Å². The fraction of sp³-hybridized carbons (Fsp3) is 0.0667. The normalized spacial score (nSPS) is 13.1. The van der Waals surface area contributed by atoms with Gasteiger partial charge in [-0.05, 0) is 102 Å². The topological polar surface area (TPSA) is 25.8 Å². The second-order valence-electron chi connectivity index (χ2n) is 13.0. The van der Waals surface area contributed by atoms with E-state index >= 15 is 0 Å². The highest BCUT2D eigenvalue weighted by atomic mass is 14.8. The molecule has 0 amide bonds. The van der Waals surface area contributed by atoms with E-state index in [4.69, 9.17) is 4.98 Å². The summed E-state index contributed by atoms with van der Waals surface area (Å²) in [6.07, 6.45) is 3.82. The average molecular weight is 601 g/mol. The summed E-state index contributed by atoms with van der Waals surface area (Å²) in [5.41, 5.74) is 14.2. The molecule has 0 saturated heterocycles. The Hall–Kier alpha value is -5.86. The molecule has 0 N–H and O–H groups in total. The Bertz CT molecular complexity index is 2440. The number of nitrogens with zero attached hydrogens (tertiary/aromatic N) is 2. The Morgan fingerprint density at radius 2 is 1.02 bits per heavy atom. The van der Waals surface area contributed by atoms with E-state index < -0.39 is 0 Å². The lowest BCUT2D eigenvalue weighted by Crippen LogP contribution is -2.15. The Morgan fingerprint density at radius 1 is 0.404 bits per heavy atom. The van der Waals surface area contributed by atoms with Gasteiger partial charge in [-0.15, -0.1) is 0 Å². The minimum atomic E-state index is -0.178. The first-order chi connectivity index (χ1) is 23.1. The molecule has 222 valence electrons. The molecule has 6 aromatic carbocycles. The van der Waals surface area contributed by atoms with Gasteiger partial charge in [0.1, 0.15) is 0 Å². The molecular formula is C45H32N2. The van der Waals surface area contributed by atoms with Crippen molar-refractivity contribution in [2.45, 2.75) is 19.3 Å². The zero-order chi connectivity index (χ0) is 31.5. The number of aromatic nitrogens is 2. The maximum absolute atomic E-state index is 4.86. The van der Waals surface area contributed by atoms with Crippen molar-refractivity contribution in [2.24, 2.45) is 0 Å². The second-order valence-corrected chi connectivity index (χ2v) is 13.0. The Balaban J connectivity index is 1.36. The maximum atomic E-state index is 4.86. The summed E-state index contributed by atoms with van der Waals surface area (Å²) in [4.78, 5) is 9.37. The van der Waals surface area contributed by atoms with E-state index in [0.29, 0.717) is 0 Å². The van der Waals surface area contributed by atoms with Crippen LogP contribution in [0.4, 0.5) is 0 Å². The minimum absolute atomic E-state index is 0.178. The van der Waals surface area contributed by atoms with Gasteiger partial charge < -0.3 is 0 Å². The second kappa shape index (κ2) is 10.6. The van der Waals surface area contributed by atoms with Crippen LogP contribution in [0.3, 0.4) is 0 Å². The van der Waals surface area contributed by atoms with Gasteiger partial charge >= 0.3 is 0 Å². The zero-order valence-electron chi connectivity index (χ0n) is 26.4. The lowest BCUT2D eigenvalue weighted by atomic mass is 9.79. The van der Waals surface area contributed by atoms with Crippen molar-refractivity contribution >= 4 is 21.5 Å². The van der Waals surface area contributed by atoms with Gasteiger partial charge in [-0.25, -0.2) is 0 Å². The van der Waals surface area contributed by atoms with Gasteiger partial charge in [0, 0.05) is 23.4 Å². The van der Waals surface area contributed by atoms with E-state index in [0.717, 1.165) is 17.0 Å². The van der Waals surface area contributed by atoms with Crippen LogP contribution in [-0.2, 0) is 5.41 Å². The molecule has 0 spiro atoms. The fourth-order valence-corrected chi connectivity index (χ4v) is 7.75. The van der Waals surface area contributed by atoms with E-state index in [2.05, 4.69) is 146 Å². The SMILES string of the molecule is CC1(C)c2cc3c(-c4ccccc4)c4ccccc4c(-c4ccccc4)c3cc2-c2c(-c3ccc(-c4ccccn4)nc3)cccc21. The quantitative estimate of drug-likeness (QED) is 0.188. The predicted octanol–water partition coefficient (Wildman–Crippen LogP) is 11.8. The molecule has 0 atom stereocenters. The maximum Gasteiger partial charge on any atom is 0.0886 e. The molecule has 0 fully saturated rings. The van der Waals surface area contributed by atoms with Crippen LogP contribution in [0.2, 0.25) is 0 Å². The van der Waals surface area contributed by atoms with Crippen LogP contribution in [0.5, 0.6) is 0 Å². The molecule has 0 saturated carbocycles. The van der Waals surface area contributed by atoms with Gasteiger partial charge in [0.15, 0.2) is 0 Å². The highest BCUT2D eigenvalue weighted by molar-refractivity contribution is 6.22. The third-order valence-corrected chi connectivity index (χ3v) is 9.97. The molecule has 47 heavy (non-hydrogen) atoms. The molecule has 0 unspecified atom stereocenters. The van der Waals surface area contributed by atoms with E-state index in [1.807, 2.05) is 30.6 Å². The largest absolute Gasteiger partial charge is 0.255 e. The first kappa shape index (κ1) is 27.5. The van der Waals surface area contributed by atoms with Crippen molar-refractivity contribution in [1.29, 1.82) is 0 Å². The van der Waals surface area contributed by atoms with Crippen molar-refractivity contribution in [2.75, 3.05) is 0 Å². The number of pyridine rings is 2. The van der Waals surface area contributed by atoms with Gasteiger partial charge in [0.2, 0.25) is 0 Å². The van der Waals surface area contributed by atoms with Crippen LogP contribution in [0, 0.1) is 0 Å². The standard InChI is InChI=1S/C45H32N2/c1-45(2)38-21-13-20-32(31-23-24-41(47-28-31)40-22-11-12-25-46-40)44(38)37-26-35-36(27-39(37)45)43(30-16-7-4-8-17-30)34-19-10-9-18-33(34)42(35)29-14-5-3-6-15-29/h3-28H,1-2H3. The predicted molar refractivity (Wildman–Crippen MR) is 196 cm³/mol. The average Bonchev–Trinajstić information content (AvgIpc) is 3.36. The molecule has 1 aliphatic carbocycles. The summed E-state index contributed by atoms with van der Waals surface area (Å²) >= 11 is 0. The van der Waals surface area contributed by atoms with Crippen molar-refractivity contribution in [3.05, 3.63) is 169 Å². The highest BCUT2D eigenvalue weighted by Crippen LogP contribution is 2.55. The molecule has 2 nitrogen and oxygen atoms in total. The van der Waals surface area contributed by atoms with Crippen LogP contribution in [0.1, 0.15) is 25.0 Å². The van der Waals surface area contributed by atoms with Gasteiger partial charge in [-0.3, -0.25) is 9.97 Å². The zero-order valence-corrected chi connectivity index (χ0v) is 26.4. The molecule has 2 heteroatoms. The summed E-state index contributed by atoms with van der Waals surface area (Å²) in [7, 11) is 0. The lowest BCUT2D eigenvalue weighted by Gasteiger charge is -2.24. The molecule has 0 radical (unpaired) electrons. The van der Waals surface area contributed by atoms with Crippen LogP contribution in [-0.4, -0.2) is 9.97 Å². The van der Waals surface area contributed by atoms with E-state index in [9.17, 15) is 0 Å². The van der Waals surface area contributed by atoms with E-state index in [1.54, 1.807) is 0 Å². The Morgan fingerprint density at radius 3 is 1.64 bits per heavy atom. The third-order valence-electron chi connectivity index (χ3n) is 9.97. The number of rotatable bonds is 4. The van der Waals surface area contributed by atoms with Crippen molar-refractivity contribution in [1.82, 2.24) is 9.97 Å². The molecule has 9 rings (SSSR count). The van der Waals surface area contributed by atoms with Crippen molar-refractivity contribution < 1.29 is 0 Å². The van der Waals surface area contributed by atoms with E-state index in [1.165, 1.54) is 71.6 Å². The van der Waals surface area contributed by atoms with Crippen LogP contribution >= 0.6 is 0 Å². The first-order valence-corrected chi connectivity index (χ1v) is 16.2. The third kappa shape index (κ3) is 4.26.